The molecule has 0 radical (unpaired) electrons. The topological polar surface area (TPSA) is 35.8 Å². The number of hydrogen-bond donors (Lipinski definition) is 1. The number of nitrogens with zero attached hydrogens (tertiary/aromatic N) is 1. The predicted molar refractivity (Wildman–Crippen MR) is 74.5 cm³/mol. The molecular formula is C13H19ClN2S. The molecule has 0 aliphatic rings. The number of halogens is 1. The van der Waals surface area contributed by atoms with Gasteiger partial charge >= 0.3 is 0 Å². The van der Waals surface area contributed by atoms with E-state index in [9.17, 15) is 0 Å². The molecule has 1 aromatic rings. The summed E-state index contributed by atoms with van der Waals surface area (Å²) in [5, 5.41) is 12.3. The molecule has 0 amide bonds. The SMILES string of the molecule is CC(C)(C#N)CCCNCCc1ccc(Cl)s1. The maximum atomic E-state index is 8.87. The highest BCUT2D eigenvalue weighted by atomic mass is 35.5. The highest BCUT2D eigenvalue weighted by Crippen LogP contribution is 2.21. The first kappa shape index (κ1) is 14.5. The highest BCUT2D eigenvalue weighted by molar-refractivity contribution is 7.16. The molecule has 4 heteroatoms. The first-order valence-electron chi connectivity index (χ1n) is 5.90. The van der Waals surface area contributed by atoms with Gasteiger partial charge in [-0.1, -0.05) is 11.6 Å². The predicted octanol–water partition coefficient (Wildman–Crippen LogP) is 3.86. The van der Waals surface area contributed by atoms with E-state index in [-0.39, 0.29) is 5.41 Å². The van der Waals surface area contributed by atoms with Crippen LogP contribution in [-0.2, 0) is 6.42 Å². The van der Waals surface area contributed by atoms with E-state index in [1.165, 1.54) is 4.88 Å². The van der Waals surface area contributed by atoms with Crippen LogP contribution in [-0.4, -0.2) is 13.1 Å². The number of rotatable bonds is 7. The maximum absolute atomic E-state index is 8.87. The van der Waals surface area contributed by atoms with E-state index in [2.05, 4.69) is 17.5 Å². The highest BCUT2D eigenvalue weighted by Gasteiger charge is 2.15. The van der Waals surface area contributed by atoms with Crippen LogP contribution in [0.1, 0.15) is 31.6 Å². The van der Waals surface area contributed by atoms with Gasteiger partial charge in [-0.15, -0.1) is 11.3 Å². The molecule has 17 heavy (non-hydrogen) atoms. The van der Waals surface area contributed by atoms with Gasteiger partial charge in [-0.2, -0.15) is 5.26 Å². The minimum absolute atomic E-state index is 0.192. The Morgan fingerprint density at radius 1 is 1.41 bits per heavy atom. The first-order chi connectivity index (χ1) is 8.03. The Hall–Kier alpha value is -0.560. The molecule has 2 nitrogen and oxygen atoms in total. The number of nitrogens with one attached hydrogen (secondary N) is 1. The maximum Gasteiger partial charge on any atom is 0.0931 e. The summed E-state index contributed by atoms with van der Waals surface area (Å²) in [6.07, 6.45) is 3.02. The van der Waals surface area contributed by atoms with Gasteiger partial charge in [-0.3, -0.25) is 0 Å². The lowest BCUT2D eigenvalue weighted by Gasteiger charge is -2.14. The van der Waals surface area contributed by atoms with Crippen molar-refractivity contribution in [3.63, 3.8) is 0 Å². The minimum Gasteiger partial charge on any atom is -0.316 e. The molecule has 0 aliphatic heterocycles. The van der Waals surface area contributed by atoms with Crippen LogP contribution in [0.5, 0.6) is 0 Å². The van der Waals surface area contributed by atoms with Crippen molar-refractivity contribution in [2.24, 2.45) is 5.41 Å². The van der Waals surface area contributed by atoms with Crippen LogP contribution in [0.15, 0.2) is 12.1 Å². The second kappa shape index (κ2) is 7.00. The molecule has 0 aromatic carbocycles. The van der Waals surface area contributed by atoms with Crippen LogP contribution in [0.3, 0.4) is 0 Å². The molecule has 0 saturated heterocycles. The zero-order valence-corrected chi connectivity index (χ0v) is 12.0. The Morgan fingerprint density at radius 3 is 2.76 bits per heavy atom. The van der Waals surface area contributed by atoms with Crippen molar-refractivity contribution in [3.8, 4) is 6.07 Å². The Kier molecular flexibility index (Phi) is 5.97. The van der Waals surface area contributed by atoms with Gasteiger partial charge in [-0.25, -0.2) is 0 Å². The van der Waals surface area contributed by atoms with E-state index >= 15 is 0 Å². The normalized spacial score (nSPS) is 11.4. The summed E-state index contributed by atoms with van der Waals surface area (Å²) in [4.78, 5) is 1.32. The van der Waals surface area contributed by atoms with Crippen molar-refractivity contribution in [1.29, 1.82) is 5.26 Å². The molecule has 0 saturated carbocycles. The lowest BCUT2D eigenvalue weighted by atomic mass is 9.90. The third-order valence-electron chi connectivity index (χ3n) is 2.64. The second-order valence-electron chi connectivity index (χ2n) is 4.81. The lowest BCUT2D eigenvalue weighted by Crippen LogP contribution is -2.20. The molecule has 0 unspecified atom stereocenters. The van der Waals surface area contributed by atoms with Crippen LogP contribution < -0.4 is 5.32 Å². The van der Waals surface area contributed by atoms with Crippen molar-refractivity contribution < 1.29 is 0 Å². The Labute approximate surface area is 113 Å². The molecule has 0 fully saturated rings. The van der Waals surface area contributed by atoms with Gasteiger partial charge in [0.2, 0.25) is 0 Å². The van der Waals surface area contributed by atoms with Crippen LogP contribution in [0.2, 0.25) is 4.34 Å². The van der Waals surface area contributed by atoms with E-state index in [0.29, 0.717) is 0 Å². The van der Waals surface area contributed by atoms with Gasteiger partial charge in [-0.05, 0) is 58.3 Å². The zero-order chi connectivity index (χ0) is 12.7. The van der Waals surface area contributed by atoms with Crippen molar-refractivity contribution in [2.45, 2.75) is 33.1 Å². The fraction of sp³-hybridized carbons (Fsp3) is 0.615. The quantitative estimate of drug-likeness (QED) is 0.764. The molecule has 94 valence electrons. The lowest BCUT2D eigenvalue weighted by molar-refractivity contribution is 0.426. The second-order valence-corrected chi connectivity index (χ2v) is 6.60. The fourth-order valence-electron chi connectivity index (χ4n) is 1.53. The van der Waals surface area contributed by atoms with Crippen molar-refractivity contribution in [3.05, 3.63) is 21.3 Å². The van der Waals surface area contributed by atoms with Crippen molar-refractivity contribution in [1.82, 2.24) is 5.32 Å². The molecule has 1 rings (SSSR count). The molecular weight excluding hydrogens is 252 g/mol. The monoisotopic (exact) mass is 270 g/mol. The van der Waals surface area contributed by atoms with E-state index in [1.807, 2.05) is 19.9 Å². The third kappa shape index (κ3) is 6.07. The molecule has 0 atom stereocenters. The minimum atomic E-state index is -0.192. The smallest absolute Gasteiger partial charge is 0.0931 e. The summed E-state index contributed by atoms with van der Waals surface area (Å²) < 4.78 is 0.857. The average Bonchev–Trinajstić information content (AvgIpc) is 2.69. The van der Waals surface area contributed by atoms with E-state index < -0.39 is 0 Å². The van der Waals surface area contributed by atoms with Gasteiger partial charge in [0.05, 0.1) is 15.8 Å². The molecule has 0 aliphatic carbocycles. The molecule has 1 aromatic heterocycles. The standard InChI is InChI=1S/C13H19ClN2S/c1-13(2,10-15)7-3-8-16-9-6-11-4-5-12(14)17-11/h4-5,16H,3,6-9H2,1-2H3. The molecule has 0 bridgehead atoms. The van der Waals surface area contributed by atoms with Crippen molar-refractivity contribution in [2.75, 3.05) is 13.1 Å². The number of nitriles is 1. The van der Waals surface area contributed by atoms with E-state index in [0.717, 1.165) is 36.7 Å². The number of hydrogen-bond acceptors (Lipinski definition) is 3. The summed E-state index contributed by atoms with van der Waals surface area (Å²) in [5.74, 6) is 0. The van der Waals surface area contributed by atoms with E-state index in [4.69, 9.17) is 16.9 Å². The molecule has 1 heterocycles. The third-order valence-corrected chi connectivity index (χ3v) is 3.93. The van der Waals surface area contributed by atoms with Crippen molar-refractivity contribution >= 4 is 22.9 Å². The van der Waals surface area contributed by atoms with Crippen LogP contribution in [0.25, 0.3) is 0 Å². The van der Waals surface area contributed by atoms with Crippen LogP contribution in [0, 0.1) is 16.7 Å². The summed E-state index contributed by atoms with van der Waals surface area (Å²) in [6, 6.07) is 6.34. The van der Waals surface area contributed by atoms with Gasteiger partial charge in [0.25, 0.3) is 0 Å². The Bertz CT molecular complexity index is 379. The number of thiophene rings is 1. The zero-order valence-electron chi connectivity index (χ0n) is 10.4. The largest absolute Gasteiger partial charge is 0.316 e. The summed E-state index contributed by atoms with van der Waals surface area (Å²) in [7, 11) is 0. The van der Waals surface area contributed by atoms with Crippen LogP contribution >= 0.6 is 22.9 Å². The summed E-state index contributed by atoms with van der Waals surface area (Å²) >= 11 is 7.50. The molecule has 1 N–H and O–H groups in total. The Morgan fingerprint density at radius 2 is 2.18 bits per heavy atom. The Balaban J connectivity index is 2.04. The molecule has 0 spiro atoms. The average molecular weight is 271 g/mol. The van der Waals surface area contributed by atoms with Gasteiger partial charge in [0.1, 0.15) is 0 Å². The first-order valence-corrected chi connectivity index (χ1v) is 7.09. The van der Waals surface area contributed by atoms with Crippen LogP contribution in [0.4, 0.5) is 0 Å². The van der Waals surface area contributed by atoms with Gasteiger partial charge in [0.15, 0.2) is 0 Å². The van der Waals surface area contributed by atoms with Gasteiger partial charge < -0.3 is 5.32 Å². The summed E-state index contributed by atoms with van der Waals surface area (Å²) in [5.41, 5.74) is -0.192. The fourth-order valence-corrected chi connectivity index (χ4v) is 2.62. The van der Waals surface area contributed by atoms with Gasteiger partial charge in [0, 0.05) is 4.88 Å². The van der Waals surface area contributed by atoms with E-state index in [1.54, 1.807) is 11.3 Å². The summed E-state index contributed by atoms with van der Waals surface area (Å²) in [6.45, 7) is 5.93.